The Balaban J connectivity index is 1.16. The van der Waals surface area contributed by atoms with E-state index in [2.05, 4.69) is 31.3 Å². The molecule has 2 fully saturated rings. The lowest BCUT2D eigenvalue weighted by Crippen LogP contribution is -2.54. The average molecular weight is 488 g/mol. The summed E-state index contributed by atoms with van der Waals surface area (Å²) in [7, 11) is 0. The summed E-state index contributed by atoms with van der Waals surface area (Å²) < 4.78 is 0. The summed E-state index contributed by atoms with van der Waals surface area (Å²) in [6.07, 6.45) is 4.97. The van der Waals surface area contributed by atoms with Gasteiger partial charge in [-0.3, -0.25) is 9.59 Å². The SMILES string of the molecule is CC1(C)CN(C[C@H](O)[C@H]2Cc3ccccc3CN2)C(=O)c2ccc(C(=O)N3CCC4(CC3)CC4)cc21. The largest absolute Gasteiger partial charge is 0.390 e. The van der Waals surface area contributed by atoms with E-state index in [0.29, 0.717) is 23.1 Å². The summed E-state index contributed by atoms with van der Waals surface area (Å²) in [5.74, 6) is 0.0188. The molecule has 6 nitrogen and oxygen atoms in total. The Morgan fingerprint density at radius 1 is 1.08 bits per heavy atom. The van der Waals surface area contributed by atoms with Gasteiger partial charge in [0.1, 0.15) is 0 Å². The molecule has 2 amide bonds. The zero-order valence-corrected chi connectivity index (χ0v) is 21.4. The first kappa shape index (κ1) is 23.7. The number of aliphatic hydroxyl groups is 1. The standard InChI is InChI=1S/C30H37N3O3/c1-29(2)19-33(18-26(34)25-16-20-5-3-4-6-22(20)17-31-25)28(36)23-8-7-21(15-24(23)29)27(35)32-13-11-30(9-10-30)12-14-32/h3-8,15,25-26,31,34H,9-14,16-19H2,1-2H3/t25-,26+/m1/s1. The molecule has 3 aliphatic heterocycles. The van der Waals surface area contributed by atoms with Gasteiger partial charge in [0.25, 0.3) is 11.8 Å². The Bertz CT molecular complexity index is 1190. The number of nitrogens with one attached hydrogen (secondary N) is 1. The molecule has 36 heavy (non-hydrogen) atoms. The zero-order valence-electron chi connectivity index (χ0n) is 21.4. The highest BCUT2D eigenvalue weighted by Crippen LogP contribution is 2.53. The normalized spacial score (nSPS) is 24.8. The van der Waals surface area contributed by atoms with Gasteiger partial charge < -0.3 is 20.2 Å². The predicted octanol–water partition coefficient (Wildman–Crippen LogP) is 3.51. The van der Waals surface area contributed by atoms with Crippen molar-refractivity contribution in [3.63, 3.8) is 0 Å². The lowest BCUT2D eigenvalue weighted by molar-refractivity contribution is 0.0444. The quantitative estimate of drug-likeness (QED) is 0.692. The summed E-state index contributed by atoms with van der Waals surface area (Å²) in [6, 6.07) is 13.8. The van der Waals surface area contributed by atoms with Crippen molar-refractivity contribution in [3.8, 4) is 0 Å². The van der Waals surface area contributed by atoms with E-state index >= 15 is 0 Å². The van der Waals surface area contributed by atoms with Crippen molar-refractivity contribution in [2.75, 3.05) is 26.2 Å². The second kappa shape index (κ2) is 8.70. The molecule has 0 bridgehead atoms. The number of nitrogens with zero attached hydrogens (tertiary/aromatic N) is 2. The molecule has 1 saturated heterocycles. The molecular weight excluding hydrogens is 450 g/mol. The highest BCUT2D eigenvalue weighted by atomic mass is 16.3. The van der Waals surface area contributed by atoms with E-state index in [4.69, 9.17) is 0 Å². The molecule has 3 heterocycles. The van der Waals surface area contributed by atoms with Gasteiger partial charge in [-0.1, -0.05) is 38.1 Å². The van der Waals surface area contributed by atoms with Gasteiger partial charge in [0.05, 0.1) is 6.10 Å². The van der Waals surface area contributed by atoms with E-state index in [1.165, 1.54) is 24.0 Å². The number of carbonyl (C=O) groups is 2. The maximum Gasteiger partial charge on any atom is 0.254 e. The number of benzene rings is 2. The lowest BCUT2D eigenvalue weighted by atomic mass is 9.77. The molecule has 6 heteroatoms. The minimum absolute atomic E-state index is 0.0627. The molecule has 0 unspecified atom stereocenters. The van der Waals surface area contributed by atoms with Crippen LogP contribution in [0.25, 0.3) is 0 Å². The Hall–Kier alpha value is -2.70. The van der Waals surface area contributed by atoms with E-state index in [9.17, 15) is 14.7 Å². The van der Waals surface area contributed by atoms with Crippen LogP contribution >= 0.6 is 0 Å². The van der Waals surface area contributed by atoms with Crippen LogP contribution in [0.4, 0.5) is 0 Å². The third-order valence-electron chi connectivity index (χ3n) is 9.15. The molecule has 0 aromatic heterocycles. The molecule has 2 N–H and O–H groups in total. The topological polar surface area (TPSA) is 72.9 Å². The zero-order chi connectivity index (χ0) is 25.1. The summed E-state index contributed by atoms with van der Waals surface area (Å²) in [4.78, 5) is 30.5. The van der Waals surface area contributed by atoms with Gasteiger partial charge in [0, 0.05) is 55.3 Å². The van der Waals surface area contributed by atoms with Gasteiger partial charge in [-0.05, 0) is 72.4 Å². The summed E-state index contributed by atoms with van der Waals surface area (Å²) in [6.45, 7) is 7.46. The maximum atomic E-state index is 13.5. The molecule has 0 radical (unpaired) electrons. The number of aliphatic hydroxyl groups excluding tert-OH is 1. The molecule has 2 aromatic rings. The van der Waals surface area contributed by atoms with Crippen molar-refractivity contribution in [2.45, 2.75) is 70.1 Å². The van der Waals surface area contributed by atoms with Crippen molar-refractivity contribution < 1.29 is 14.7 Å². The summed E-state index contributed by atoms with van der Waals surface area (Å²) in [5, 5.41) is 14.5. The van der Waals surface area contributed by atoms with Gasteiger partial charge in [-0.25, -0.2) is 0 Å². The first-order valence-electron chi connectivity index (χ1n) is 13.5. The van der Waals surface area contributed by atoms with Gasteiger partial charge >= 0.3 is 0 Å². The molecule has 1 saturated carbocycles. The molecule has 1 aliphatic carbocycles. The summed E-state index contributed by atoms with van der Waals surface area (Å²) in [5.41, 5.74) is 5.01. The molecule has 6 rings (SSSR count). The second-order valence-corrected chi connectivity index (χ2v) is 12.1. The number of piperidine rings is 1. The van der Waals surface area contributed by atoms with Crippen molar-refractivity contribution in [1.29, 1.82) is 0 Å². The number of hydrogen-bond donors (Lipinski definition) is 2. The molecule has 2 aromatic carbocycles. The monoisotopic (exact) mass is 487 g/mol. The van der Waals surface area contributed by atoms with Crippen LogP contribution in [-0.4, -0.2) is 65.0 Å². The van der Waals surface area contributed by atoms with E-state index in [-0.39, 0.29) is 29.8 Å². The summed E-state index contributed by atoms with van der Waals surface area (Å²) >= 11 is 0. The minimum atomic E-state index is -0.658. The van der Waals surface area contributed by atoms with Gasteiger partial charge in [-0.15, -0.1) is 0 Å². The minimum Gasteiger partial charge on any atom is -0.390 e. The molecule has 2 atom stereocenters. The number of carbonyl (C=O) groups excluding carboxylic acids is 2. The van der Waals surface area contributed by atoms with Crippen molar-refractivity contribution in [2.24, 2.45) is 5.41 Å². The number of amides is 2. The van der Waals surface area contributed by atoms with Crippen LogP contribution in [0.15, 0.2) is 42.5 Å². The Morgan fingerprint density at radius 2 is 1.81 bits per heavy atom. The van der Waals surface area contributed by atoms with Crippen molar-refractivity contribution in [1.82, 2.24) is 15.1 Å². The van der Waals surface area contributed by atoms with Crippen molar-refractivity contribution >= 4 is 11.8 Å². The fourth-order valence-corrected chi connectivity index (χ4v) is 6.52. The van der Waals surface area contributed by atoms with E-state index < -0.39 is 6.10 Å². The van der Waals surface area contributed by atoms with E-state index in [0.717, 1.165) is 44.5 Å². The average Bonchev–Trinajstić information content (AvgIpc) is 3.65. The highest BCUT2D eigenvalue weighted by Gasteiger charge is 2.45. The fourth-order valence-electron chi connectivity index (χ4n) is 6.52. The van der Waals surface area contributed by atoms with E-state index in [1.54, 1.807) is 4.90 Å². The van der Waals surface area contributed by atoms with E-state index in [1.807, 2.05) is 35.2 Å². The van der Waals surface area contributed by atoms with Gasteiger partial charge in [0.15, 0.2) is 0 Å². The van der Waals surface area contributed by atoms with Crippen LogP contribution < -0.4 is 5.32 Å². The van der Waals surface area contributed by atoms with Crippen LogP contribution in [0.1, 0.15) is 76.9 Å². The first-order valence-corrected chi connectivity index (χ1v) is 13.5. The maximum absolute atomic E-state index is 13.5. The van der Waals surface area contributed by atoms with Crippen molar-refractivity contribution in [3.05, 3.63) is 70.3 Å². The van der Waals surface area contributed by atoms with Crippen LogP contribution in [0, 0.1) is 5.41 Å². The number of likely N-dealkylation sites (tertiary alicyclic amines) is 1. The molecular formula is C30H37N3O3. The number of rotatable bonds is 4. The molecule has 1 spiro atoms. The Kier molecular flexibility index (Phi) is 5.73. The fraction of sp³-hybridized carbons (Fsp3) is 0.533. The smallest absolute Gasteiger partial charge is 0.254 e. The Labute approximate surface area is 213 Å². The molecule has 190 valence electrons. The van der Waals surface area contributed by atoms with Gasteiger partial charge in [-0.2, -0.15) is 0 Å². The van der Waals surface area contributed by atoms with Gasteiger partial charge in [0.2, 0.25) is 0 Å². The third-order valence-corrected chi connectivity index (χ3v) is 9.15. The number of hydrogen-bond acceptors (Lipinski definition) is 4. The lowest BCUT2D eigenvalue weighted by Gasteiger charge is -2.42. The second-order valence-electron chi connectivity index (χ2n) is 12.1. The predicted molar refractivity (Wildman–Crippen MR) is 139 cm³/mol. The number of β-amino-alcohol motifs (C(OH)–C–C–N with tert-alkyl or cyclic N) is 1. The van der Waals surface area contributed by atoms with Crippen LogP contribution in [0.3, 0.4) is 0 Å². The van der Waals surface area contributed by atoms with Crippen LogP contribution in [-0.2, 0) is 18.4 Å². The highest BCUT2D eigenvalue weighted by molar-refractivity contribution is 6.00. The van der Waals surface area contributed by atoms with Crippen LogP contribution in [0.2, 0.25) is 0 Å². The Morgan fingerprint density at radius 3 is 2.53 bits per heavy atom. The number of fused-ring (bicyclic) bond motifs is 2. The first-order chi connectivity index (χ1) is 17.2. The van der Waals surface area contributed by atoms with Crippen LogP contribution in [0.5, 0.6) is 0 Å². The third kappa shape index (κ3) is 4.24. The molecule has 4 aliphatic rings.